The van der Waals surface area contributed by atoms with E-state index in [2.05, 4.69) is 26.6 Å². The van der Waals surface area contributed by atoms with Gasteiger partial charge in [-0.2, -0.15) is 0 Å². The SMILES string of the molecule is CC[C@@H](C)NC(=O)CN(C)CC(=O)Nc1ccc(Br)cc1C. The third kappa shape index (κ3) is 6.58. The predicted molar refractivity (Wildman–Crippen MR) is 92.9 cm³/mol. The second-order valence-corrected chi connectivity index (χ2v) is 6.47. The standard InChI is InChI=1S/C16H24BrN3O2/c1-5-12(3)18-15(21)9-20(4)10-16(22)19-14-7-6-13(17)8-11(14)2/h6-8,12H,5,9-10H2,1-4H3,(H,18,21)(H,19,22)/t12-/m1/s1. The Balaban J connectivity index is 2.45. The zero-order chi connectivity index (χ0) is 16.7. The molecule has 122 valence electrons. The van der Waals surface area contributed by atoms with E-state index in [0.29, 0.717) is 0 Å². The van der Waals surface area contributed by atoms with E-state index in [1.54, 1.807) is 11.9 Å². The molecule has 0 bridgehead atoms. The minimum absolute atomic E-state index is 0.0653. The van der Waals surface area contributed by atoms with Crippen LogP contribution < -0.4 is 10.6 Å². The molecule has 0 aliphatic carbocycles. The number of aryl methyl sites for hydroxylation is 1. The third-order valence-electron chi connectivity index (χ3n) is 3.31. The van der Waals surface area contributed by atoms with E-state index < -0.39 is 0 Å². The number of nitrogens with one attached hydrogen (secondary N) is 2. The smallest absolute Gasteiger partial charge is 0.238 e. The van der Waals surface area contributed by atoms with Gasteiger partial charge < -0.3 is 10.6 Å². The molecular formula is C16H24BrN3O2. The Hall–Kier alpha value is -1.40. The molecule has 1 atom stereocenters. The number of hydrogen-bond donors (Lipinski definition) is 2. The van der Waals surface area contributed by atoms with Gasteiger partial charge in [0.2, 0.25) is 11.8 Å². The van der Waals surface area contributed by atoms with Crippen LogP contribution in [0.1, 0.15) is 25.8 Å². The number of carbonyl (C=O) groups excluding carboxylic acids is 2. The van der Waals surface area contributed by atoms with E-state index in [1.165, 1.54) is 0 Å². The third-order valence-corrected chi connectivity index (χ3v) is 3.80. The first-order chi connectivity index (χ1) is 10.3. The number of nitrogens with zero attached hydrogens (tertiary/aromatic N) is 1. The molecule has 5 nitrogen and oxygen atoms in total. The van der Waals surface area contributed by atoms with Gasteiger partial charge >= 0.3 is 0 Å². The van der Waals surface area contributed by atoms with Crippen LogP contribution in [0.5, 0.6) is 0 Å². The molecule has 0 aromatic heterocycles. The number of carbonyl (C=O) groups is 2. The summed E-state index contributed by atoms with van der Waals surface area (Å²) in [6.07, 6.45) is 0.888. The molecule has 0 spiro atoms. The van der Waals surface area contributed by atoms with E-state index in [1.807, 2.05) is 39.0 Å². The van der Waals surface area contributed by atoms with Crippen molar-refractivity contribution in [1.82, 2.24) is 10.2 Å². The maximum Gasteiger partial charge on any atom is 0.238 e. The Labute approximate surface area is 140 Å². The Morgan fingerprint density at radius 2 is 1.91 bits per heavy atom. The lowest BCUT2D eigenvalue weighted by atomic mass is 10.2. The highest BCUT2D eigenvalue weighted by atomic mass is 79.9. The predicted octanol–water partition coefficient (Wildman–Crippen LogP) is 2.54. The van der Waals surface area contributed by atoms with Crippen LogP contribution in [0.2, 0.25) is 0 Å². The minimum Gasteiger partial charge on any atom is -0.353 e. The summed E-state index contributed by atoms with van der Waals surface area (Å²) in [5.74, 6) is -0.200. The van der Waals surface area contributed by atoms with Crippen LogP contribution in [0.3, 0.4) is 0 Å². The lowest BCUT2D eigenvalue weighted by Gasteiger charge is -2.18. The summed E-state index contributed by atoms with van der Waals surface area (Å²) >= 11 is 3.39. The normalized spacial score (nSPS) is 12.1. The average molecular weight is 370 g/mol. The van der Waals surface area contributed by atoms with Crippen molar-refractivity contribution in [3.8, 4) is 0 Å². The second-order valence-electron chi connectivity index (χ2n) is 5.56. The first-order valence-electron chi connectivity index (χ1n) is 7.35. The average Bonchev–Trinajstić information content (AvgIpc) is 2.41. The van der Waals surface area contributed by atoms with Crippen LogP contribution >= 0.6 is 15.9 Å². The van der Waals surface area contributed by atoms with Gasteiger partial charge in [-0.1, -0.05) is 22.9 Å². The molecular weight excluding hydrogens is 346 g/mol. The van der Waals surface area contributed by atoms with Crippen LogP contribution in [0.4, 0.5) is 5.69 Å². The molecule has 1 rings (SSSR count). The summed E-state index contributed by atoms with van der Waals surface area (Å²) < 4.78 is 0.974. The topological polar surface area (TPSA) is 61.4 Å². The lowest BCUT2D eigenvalue weighted by Crippen LogP contribution is -2.41. The molecule has 0 radical (unpaired) electrons. The largest absolute Gasteiger partial charge is 0.353 e. The summed E-state index contributed by atoms with van der Waals surface area (Å²) in [5.41, 5.74) is 1.77. The molecule has 22 heavy (non-hydrogen) atoms. The highest BCUT2D eigenvalue weighted by Gasteiger charge is 2.12. The van der Waals surface area contributed by atoms with Crippen molar-refractivity contribution < 1.29 is 9.59 Å². The van der Waals surface area contributed by atoms with E-state index in [4.69, 9.17) is 0 Å². The fraction of sp³-hybridized carbons (Fsp3) is 0.500. The molecule has 0 heterocycles. The molecule has 0 fully saturated rings. The van der Waals surface area contributed by atoms with Crippen LogP contribution in [-0.4, -0.2) is 42.9 Å². The van der Waals surface area contributed by atoms with Crippen LogP contribution in [-0.2, 0) is 9.59 Å². The first kappa shape index (κ1) is 18.6. The molecule has 0 aliphatic heterocycles. The summed E-state index contributed by atoms with van der Waals surface area (Å²) in [6, 6.07) is 5.83. The van der Waals surface area contributed by atoms with Crippen molar-refractivity contribution in [2.45, 2.75) is 33.2 Å². The highest BCUT2D eigenvalue weighted by Crippen LogP contribution is 2.19. The quantitative estimate of drug-likeness (QED) is 0.776. The van der Waals surface area contributed by atoms with Crippen molar-refractivity contribution in [2.75, 3.05) is 25.5 Å². The molecule has 0 saturated heterocycles. The number of halogens is 1. The van der Waals surface area contributed by atoms with Crippen LogP contribution in [0, 0.1) is 6.92 Å². The minimum atomic E-state index is -0.135. The Morgan fingerprint density at radius 3 is 2.50 bits per heavy atom. The number of benzene rings is 1. The summed E-state index contributed by atoms with van der Waals surface area (Å²) in [6.45, 7) is 6.29. The monoisotopic (exact) mass is 369 g/mol. The van der Waals surface area contributed by atoms with Gasteiger partial charge in [0, 0.05) is 16.2 Å². The molecule has 2 amide bonds. The zero-order valence-corrected chi connectivity index (χ0v) is 15.2. The van der Waals surface area contributed by atoms with Gasteiger partial charge in [0.15, 0.2) is 0 Å². The van der Waals surface area contributed by atoms with Crippen LogP contribution in [0.15, 0.2) is 22.7 Å². The van der Waals surface area contributed by atoms with Gasteiger partial charge in [0.05, 0.1) is 13.1 Å². The fourth-order valence-corrected chi connectivity index (χ4v) is 2.40. The van der Waals surface area contributed by atoms with Gasteiger partial charge in [-0.25, -0.2) is 0 Å². The number of hydrogen-bond acceptors (Lipinski definition) is 3. The van der Waals surface area contributed by atoms with E-state index >= 15 is 0 Å². The number of amides is 2. The molecule has 6 heteroatoms. The maximum absolute atomic E-state index is 12.0. The van der Waals surface area contributed by atoms with Crippen LogP contribution in [0.25, 0.3) is 0 Å². The van der Waals surface area contributed by atoms with Gasteiger partial charge in [-0.15, -0.1) is 0 Å². The van der Waals surface area contributed by atoms with Gasteiger partial charge in [-0.3, -0.25) is 14.5 Å². The molecule has 0 aliphatic rings. The second kappa shape index (κ2) is 8.90. The van der Waals surface area contributed by atoms with Crippen molar-refractivity contribution in [3.63, 3.8) is 0 Å². The number of anilines is 1. The summed E-state index contributed by atoms with van der Waals surface area (Å²) in [7, 11) is 1.75. The fourth-order valence-electron chi connectivity index (χ4n) is 1.93. The molecule has 0 unspecified atom stereocenters. The van der Waals surface area contributed by atoms with Crippen molar-refractivity contribution >= 4 is 33.4 Å². The van der Waals surface area contributed by atoms with Gasteiger partial charge in [-0.05, 0) is 51.1 Å². The Kier molecular flexibility index (Phi) is 7.55. The van der Waals surface area contributed by atoms with Gasteiger partial charge in [0.25, 0.3) is 0 Å². The first-order valence-corrected chi connectivity index (χ1v) is 8.15. The Bertz CT molecular complexity index is 534. The van der Waals surface area contributed by atoms with E-state index in [0.717, 1.165) is 22.1 Å². The number of rotatable bonds is 7. The summed E-state index contributed by atoms with van der Waals surface area (Å²) in [4.78, 5) is 25.5. The van der Waals surface area contributed by atoms with Crippen molar-refractivity contribution in [2.24, 2.45) is 0 Å². The Morgan fingerprint density at radius 1 is 1.27 bits per heavy atom. The molecule has 1 aromatic rings. The molecule has 0 saturated carbocycles. The molecule has 2 N–H and O–H groups in total. The van der Waals surface area contributed by atoms with Gasteiger partial charge in [0.1, 0.15) is 0 Å². The van der Waals surface area contributed by atoms with E-state index in [-0.39, 0.29) is 30.9 Å². The molecule has 1 aromatic carbocycles. The number of likely N-dealkylation sites (N-methyl/N-ethyl adjacent to an activating group) is 1. The van der Waals surface area contributed by atoms with E-state index in [9.17, 15) is 9.59 Å². The lowest BCUT2D eigenvalue weighted by molar-refractivity contribution is -0.123. The summed E-state index contributed by atoms with van der Waals surface area (Å²) in [5, 5.41) is 5.74. The van der Waals surface area contributed by atoms with Crippen molar-refractivity contribution in [1.29, 1.82) is 0 Å². The van der Waals surface area contributed by atoms with Crippen molar-refractivity contribution in [3.05, 3.63) is 28.2 Å². The highest BCUT2D eigenvalue weighted by molar-refractivity contribution is 9.10. The maximum atomic E-state index is 12.0. The zero-order valence-electron chi connectivity index (χ0n) is 13.6.